The number of rotatable bonds is 8. The number of hydrogen-bond donors (Lipinski definition) is 2. The SMILES string of the molecule is CCOC(=O)C[NH2+]C1=C(C=N)[C@H](N(C)S(=O)(=O)c2cnc(Cl)c(Br)c2)CCC1. The van der Waals surface area contributed by atoms with Crippen LogP contribution in [-0.2, 0) is 19.6 Å². The first-order valence-electron chi connectivity index (χ1n) is 8.73. The molecule has 154 valence electrons. The number of nitrogens with two attached hydrogens (primary N) is 1. The van der Waals surface area contributed by atoms with Crippen molar-refractivity contribution < 1.29 is 23.3 Å². The summed E-state index contributed by atoms with van der Waals surface area (Å²) in [5, 5.41) is 9.72. The van der Waals surface area contributed by atoms with Gasteiger partial charge in [0.25, 0.3) is 0 Å². The van der Waals surface area contributed by atoms with Gasteiger partial charge < -0.3 is 15.5 Å². The lowest BCUT2D eigenvalue weighted by Gasteiger charge is -2.31. The molecule has 11 heteroatoms. The Hall–Kier alpha value is -1.33. The molecule has 8 nitrogen and oxygen atoms in total. The molecule has 0 saturated heterocycles. The third-order valence-electron chi connectivity index (χ3n) is 4.52. The molecule has 2 rings (SSSR count). The van der Waals surface area contributed by atoms with Crippen molar-refractivity contribution in [2.75, 3.05) is 20.2 Å². The number of pyridine rings is 1. The Morgan fingerprint density at radius 2 is 2.29 bits per heavy atom. The first-order valence-corrected chi connectivity index (χ1v) is 11.3. The first-order chi connectivity index (χ1) is 13.2. The molecule has 1 aromatic rings. The van der Waals surface area contributed by atoms with Crippen LogP contribution in [0.25, 0.3) is 0 Å². The van der Waals surface area contributed by atoms with Crippen LogP contribution in [0.3, 0.4) is 0 Å². The standard InChI is InChI=1S/C17H22BrClN4O4S/c1-3-27-16(24)10-21-14-5-4-6-15(12(14)8-20)23(2)28(25,26)11-7-13(18)17(19)22-9-11/h7-9,15,20-21H,3-6,10H2,1-2H3/p+1/t15-/m1/s1. The number of quaternary nitrogens is 1. The third-order valence-corrected chi connectivity index (χ3v) is 7.48. The molecule has 1 atom stereocenters. The van der Waals surface area contributed by atoms with Crippen molar-refractivity contribution in [2.24, 2.45) is 0 Å². The molecule has 1 aromatic heterocycles. The zero-order chi connectivity index (χ0) is 20.9. The van der Waals surface area contributed by atoms with Crippen LogP contribution in [-0.4, -0.2) is 56.1 Å². The Bertz CT molecular complexity index is 891. The largest absolute Gasteiger partial charge is 0.462 e. The Balaban J connectivity index is 2.30. The summed E-state index contributed by atoms with van der Waals surface area (Å²) < 4.78 is 32.7. The summed E-state index contributed by atoms with van der Waals surface area (Å²) >= 11 is 9.05. The number of nitrogens with zero attached hydrogens (tertiary/aromatic N) is 2. The highest BCUT2D eigenvalue weighted by molar-refractivity contribution is 9.10. The van der Waals surface area contributed by atoms with Crippen LogP contribution in [0, 0.1) is 5.41 Å². The monoisotopic (exact) mass is 493 g/mol. The van der Waals surface area contributed by atoms with Crippen molar-refractivity contribution in [3.63, 3.8) is 0 Å². The number of halogens is 2. The summed E-state index contributed by atoms with van der Waals surface area (Å²) in [5.41, 5.74) is 1.39. The van der Waals surface area contributed by atoms with E-state index < -0.39 is 16.1 Å². The topological polar surface area (TPSA) is 117 Å². The van der Waals surface area contributed by atoms with E-state index in [0.717, 1.165) is 12.1 Å². The van der Waals surface area contributed by atoms with Crippen LogP contribution in [0.1, 0.15) is 26.2 Å². The number of carbonyl (C=O) groups is 1. The molecule has 0 bridgehead atoms. The maximum atomic E-state index is 13.1. The Morgan fingerprint density at radius 1 is 1.57 bits per heavy atom. The van der Waals surface area contributed by atoms with Crippen LogP contribution < -0.4 is 5.32 Å². The number of esters is 1. The normalized spacial score (nSPS) is 17.7. The van der Waals surface area contributed by atoms with Gasteiger partial charge in [-0.1, -0.05) is 11.6 Å². The molecule has 0 aromatic carbocycles. The zero-order valence-electron chi connectivity index (χ0n) is 15.6. The molecule has 0 radical (unpaired) electrons. The molecule has 0 aliphatic heterocycles. The van der Waals surface area contributed by atoms with Gasteiger partial charge in [-0.3, -0.25) is 0 Å². The second-order valence-electron chi connectivity index (χ2n) is 6.21. The van der Waals surface area contributed by atoms with Crippen LogP contribution in [0.5, 0.6) is 0 Å². The average molecular weight is 495 g/mol. The number of nitrogens with one attached hydrogen (secondary N) is 1. The average Bonchev–Trinajstić information content (AvgIpc) is 2.67. The van der Waals surface area contributed by atoms with Gasteiger partial charge in [-0.05, 0) is 41.8 Å². The lowest BCUT2D eigenvalue weighted by molar-refractivity contribution is -0.600. The number of ether oxygens (including phenoxy) is 1. The molecule has 0 unspecified atom stereocenters. The van der Waals surface area contributed by atoms with Crippen molar-refractivity contribution >= 4 is 49.7 Å². The van der Waals surface area contributed by atoms with E-state index in [1.165, 1.54) is 29.8 Å². The Morgan fingerprint density at radius 3 is 2.89 bits per heavy atom. The molecule has 0 amide bonds. The van der Waals surface area contributed by atoms with Crippen LogP contribution >= 0.6 is 27.5 Å². The summed E-state index contributed by atoms with van der Waals surface area (Å²) in [7, 11) is -2.36. The number of aromatic nitrogens is 1. The highest BCUT2D eigenvalue weighted by atomic mass is 79.9. The molecular formula is C17H23BrClN4O4S+. The number of likely N-dealkylation sites (N-methyl/N-ethyl adjacent to an activating group) is 1. The summed E-state index contributed by atoms with van der Waals surface area (Å²) in [6.07, 6.45) is 4.40. The van der Waals surface area contributed by atoms with Gasteiger partial charge in [-0.15, -0.1) is 0 Å². The van der Waals surface area contributed by atoms with Gasteiger partial charge in [0.1, 0.15) is 15.7 Å². The van der Waals surface area contributed by atoms with Gasteiger partial charge in [0, 0.05) is 31.5 Å². The lowest BCUT2D eigenvalue weighted by atomic mass is 9.92. The fraction of sp³-hybridized carbons (Fsp3) is 0.471. The summed E-state index contributed by atoms with van der Waals surface area (Å²) in [5.74, 6) is -0.348. The number of sulfonamides is 1. The van der Waals surface area contributed by atoms with E-state index >= 15 is 0 Å². The smallest absolute Gasteiger partial charge is 0.362 e. The molecule has 0 saturated carbocycles. The second-order valence-corrected chi connectivity index (χ2v) is 9.42. The van der Waals surface area contributed by atoms with Gasteiger partial charge in [-0.2, -0.15) is 4.31 Å². The molecule has 28 heavy (non-hydrogen) atoms. The minimum atomic E-state index is -3.85. The van der Waals surface area contributed by atoms with E-state index in [1.54, 1.807) is 12.2 Å². The van der Waals surface area contributed by atoms with Crippen LogP contribution in [0.2, 0.25) is 5.15 Å². The summed E-state index contributed by atoms with van der Waals surface area (Å²) in [6, 6.07) is 0.908. The van der Waals surface area contributed by atoms with Gasteiger partial charge in [0.15, 0.2) is 6.54 Å². The number of hydrogen-bond acceptors (Lipinski definition) is 6. The molecular weight excluding hydrogens is 472 g/mol. The maximum Gasteiger partial charge on any atom is 0.362 e. The van der Waals surface area contributed by atoms with Crippen LogP contribution in [0.15, 0.2) is 32.9 Å². The predicted octanol–water partition coefficient (Wildman–Crippen LogP) is 1.70. The predicted molar refractivity (Wildman–Crippen MR) is 109 cm³/mol. The number of allylic oxidation sites excluding steroid dienone is 1. The summed E-state index contributed by atoms with van der Waals surface area (Å²) in [4.78, 5) is 15.5. The first kappa shape index (κ1) is 23.0. The van der Waals surface area contributed by atoms with Gasteiger partial charge in [-0.25, -0.2) is 18.2 Å². The quantitative estimate of drug-likeness (QED) is 0.324. The van der Waals surface area contributed by atoms with Crippen molar-refractivity contribution in [2.45, 2.75) is 37.1 Å². The highest BCUT2D eigenvalue weighted by Gasteiger charge is 2.35. The van der Waals surface area contributed by atoms with Crippen molar-refractivity contribution in [1.29, 1.82) is 5.41 Å². The summed E-state index contributed by atoms with van der Waals surface area (Å²) in [6.45, 7) is 2.13. The van der Waals surface area contributed by atoms with Crippen molar-refractivity contribution in [3.05, 3.63) is 33.2 Å². The lowest BCUT2D eigenvalue weighted by Crippen LogP contribution is -2.85. The molecule has 3 N–H and O–H groups in total. The van der Waals surface area contributed by atoms with Gasteiger partial charge >= 0.3 is 5.97 Å². The zero-order valence-corrected chi connectivity index (χ0v) is 18.8. The van der Waals surface area contributed by atoms with E-state index in [4.69, 9.17) is 21.7 Å². The minimum absolute atomic E-state index is 0.0123. The maximum absolute atomic E-state index is 13.1. The minimum Gasteiger partial charge on any atom is -0.462 e. The van der Waals surface area contributed by atoms with E-state index in [1.807, 2.05) is 0 Å². The van der Waals surface area contributed by atoms with Gasteiger partial charge in [0.05, 0.1) is 17.1 Å². The highest BCUT2D eigenvalue weighted by Crippen LogP contribution is 2.30. The molecule has 0 fully saturated rings. The van der Waals surface area contributed by atoms with Crippen LogP contribution in [0.4, 0.5) is 0 Å². The van der Waals surface area contributed by atoms with Crippen molar-refractivity contribution in [1.82, 2.24) is 9.29 Å². The van der Waals surface area contributed by atoms with Crippen molar-refractivity contribution in [3.8, 4) is 0 Å². The van der Waals surface area contributed by atoms with E-state index in [-0.39, 0.29) is 22.6 Å². The molecule has 1 heterocycles. The number of carbonyl (C=O) groups excluding carboxylic acids is 1. The molecule has 1 aliphatic rings. The molecule has 0 spiro atoms. The van der Waals surface area contributed by atoms with Gasteiger partial charge in [0.2, 0.25) is 10.0 Å². The Labute approximate surface area is 178 Å². The Kier molecular flexibility index (Phi) is 8.14. The third kappa shape index (κ3) is 5.18. The fourth-order valence-corrected chi connectivity index (χ4v) is 5.03. The second kappa shape index (κ2) is 9.93. The fourth-order valence-electron chi connectivity index (χ4n) is 3.09. The van der Waals surface area contributed by atoms with E-state index in [0.29, 0.717) is 29.5 Å². The van der Waals surface area contributed by atoms with E-state index in [2.05, 4.69) is 20.9 Å². The molecule has 1 aliphatic carbocycles. The van der Waals surface area contributed by atoms with E-state index in [9.17, 15) is 13.2 Å².